The molecule has 0 atom stereocenters. The minimum absolute atomic E-state index is 0.0154. The summed E-state index contributed by atoms with van der Waals surface area (Å²) in [4.78, 5) is 12.3. The monoisotopic (exact) mass is 450 g/mol. The number of carbonyl (C=O) groups excluding carboxylic acids is 1. The second-order valence-electron chi connectivity index (χ2n) is 6.12. The number of hydrogen-bond acceptors (Lipinski definition) is 3. The van der Waals surface area contributed by atoms with E-state index >= 15 is 0 Å². The van der Waals surface area contributed by atoms with Gasteiger partial charge in [0.25, 0.3) is 5.91 Å². The molecular weight excluding hydrogens is 435 g/mol. The SMILES string of the molecule is N#C/C(=C/c1ccc(OCc2cccc(F)c2)cc1)C(=O)Nc1cccc(Br)c1. The van der Waals surface area contributed by atoms with Gasteiger partial charge in [-0.05, 0) is 59.7 Å². The van der Waals surface area contributed by atoms with Gasteiger partial charge in [-0.25, -0.2) is 4.39 Å². The molecule has 0 bridgehead atoms. The van der Waals surface area contributed by atoms with Gasteiger partial charge in [-0.2, -0.15) is 5.26 Å². The highest BCUT2D eigenvalue weighted by Gasteiger charge is 2.10. The first-order chi connectivity index (χ1) is 14.0. The zero-order valence-electron chi connectivity index (χ0n) is 15.2. The highest BCUT2D eigenvalue weighted by atomic mass is 79.9. The second-order valence-corrected chi connectivity index (χ2v) is 7.04. The lowest BCUT2D eigenvalue weighted by Crippen LogP contribution is -2.13. The lowest BCUT2D eigenvalue weighted by Gasteiger charge is -2.07. The Bertz CT molecular complexity index is 1090. The van der Waals surface area contributed by atoms with Crippen LogP contribution in [-0.4, -0.2) is 5.91 Å². The maximum absolute atomic E-state index is 13.2. The largest absolute Gasteiger partial charge is 0.489 e. The number of anilines is 1. The summed E-state index contributed by atoms with van der Waals surface area (Å²) in [7, 11) is 0. The van der Waals surface area contributed by atoms with Crippen LogP contribution in [0.4, 0.5) is 10.1 Å². The molecule has 6 heteroatoms. The van der Waals surface area contributed by atoms with E-state index in [0.29, 0.717) is 17.0 Å². The molecule has 0 aromatic heterocycles. The summed E-state index contributed by atoms with van der Waals surface area (Å²) in [6, 6.07) is 22.2. The Kier molecular flexibility index (Phi) is 6.77. The number of benzene rings is 3. The molecule has 1 amide bonds. The molecule has 3 aromatic carbocycles. The molecule has 29 heavy (non-hydrogen) atoms. The number of nitrogens with one attached hydrogen (secondary N) is 1. The van der Waals surface area contributed by atoms with Gasteiger partial charge in [-0.1, -0.05) is 46.3 Å². The molecular formula is C23H16BrFN2O2. The minimum atomic E-state index is -0.489. The van der Waals surface area contributed by atoms with Crippen molar-refractivity contribution < 1.29 is 13.9 Å². The summed E-state index contributed by atoms with van der Waals surface area (Å²) in [5, 5.41) is 12.0. The molecule has 144 valence electrons. The zero-order valence-corrected chi connectivity index (χ0v) is 16.8. The maximum atomic E-state index is 13.2. The first-order valence-corrected chi connectivity index (χ1v) is 9.49. The van der Waals surface area contributed by atoms with E-state index in [-0.39, 0.29) is 18.0 Å². The third kappa shape index (κ3) is 6.03. The Labute approximate surface area is 176 Å². The average molecular weight is 451 g/mol. The van der Waals surface area contributed by atoms with E-state index in [1.165, 1.54) is 18.2 Å². The molecule has 0 spiro atoms. The van der Waals surface area contributed by atoms with Gasteiger partial charge in [0.1, 0.15) is 29.8 Å². The quantitative estimate of drug-likeness (QED) is 0.386. The number of rotatable bonds is 6. The summed E-state index contributed by atoms with van der Waals surface area (Å²) in [5.41, 5.74) is 1.99. The van der Waals surface area contributed by atoms with Crippen LogP contribution in [0.5, 0.6) is 5.75 Å². The van der Waals surface area contributed by atoms with Crippen LogP contribution in [0.3, 0.4) is 0 Å². The van der Waals surface area contributed by atoms with Crippen molar-refractivity contribution in [3.8, 4) is 11.8 Å². The zero-order chi connectivity index (χ0) is 20.6. The fraction of sp³-hybridized carbons (Fsp3) is 0.0435. The van der Waals surface area contributed by atoms with E-state index in [9.17, 15) is 14.4 Å². The van der Waals surface area contributed by atoms with Gasteiger partial charge in [0.2, 0.25) is 0 Å². The van der Waals surface area contributed by atoms with Crippen molar-refractivity contribution in [1.82, 2.24) is 0 Å². The third-order valence-electron chi connectivity index (χ3n) is 3.93. The molecule has 0 unspecified atom stereocenters. The van der Waals surface area contributed by atoms with Crippen LogP contribution in [0.1, 0.15) is 11.1 Å². The van der Waals surface area contributed by atoms with Gasteiger partial charge in [-0.15, -0.1) is 0 Å². The topological polar surface area (TPSA) is 62.1 Å². The van der Waals surface area contributed by atoms with Crippen LogP contribution >= 0.6 is 15.9 Å². The van der Waals surface area contributed by atoms with Crippen LogP contribution in [0.25, 0.3) is 6.08 Å². The normalized spacial score (nSPS) is 10.9. The van der Waals surface area contributed by atoms with Gasteiger partial charge in [0, 0.05) is 10.2 Å². The lowest BCUT2D eigenvalue weighted by molar-refractivity contribution is -0.112. The maximum Gasteiger partial charge on any atom is 0.266 e. The Morgan fingerprint density at radius 1 is 1.10 bits per heavy atom. The standard InChI is InChI=1S/C23H16BrFN2O2/c24-19-4-2-6-21(13-19)27-23(28)18(14-26)11-16-7-9-22(10-8-16)29-15-17-3-1-5-20(25)12-17/h1-13H,15H2,(H,27,28)/b18-11-. The van der Waals surface area contributed by atoms with Crippen LogP contribution < -0.4 is 10.1 Å². The molecule has 0 aliphatic rings. The molecule has 0 fully saturated rings. The van der Waals surface area contributed by atoms with Crippen molar-refractivity contribution in [3.05, 3.63) is 99.8 Å². The summed E-state index contributed by atoms with van der Waals surface area (Å²) in [5.74, 6) is -0.197. The number of nitrogens with zero attached hydrogens (tertiary/aromatic N) is 1. The van der Waals surface area contributed by atoms with Gasteiger partial charge >= 0.3 is 0 Å². The molecule has 0 heterocycles. The molecule has 1 N–H and O–H groups in total. The number of hydrogen-bond donors (Lipinski definition) is 1. The molecule has 4 nitrogen and oxygen atoms in total. The number of amides is 1. The lowest BCUT2D eigenvalue weighted by atomic mass is 10.1. The molecule has 0 saturated heterocycles. The summed E-state index contributed by atoms with van der Waals surface area (Å²) >= 11 is 3.34. The number of carbonyl (C=O) groups is 1. The van der Waals surface area contributed by atoms with E-state index in [4.69, 9.17) is 4.74 Å². The van der Waals surface area contributed by atoms with E-state index in [1.807, 2.05) is 12.1 Å². The first-order valence-electron chi connectivity index (χ1n) is 8.69. The fourth-order valence-electron chi connectivity index (χ4n) is 2.53. The molecule has 0 saturated carbocycles. The van der Waals surface area contributed by atoms with Crippen LogP contribution in [0, 0.1) is 17.1 Å². The van der Waals surface area contributed by atoms with E-state index in [2.05, 4.69) is 21.2 Å². The summed E-state index contributed by atoms with van der Waals surface area (Å²) in [6.07, 6.45) is 1.50. The first kappa shape index (κ1) is 20.3. The number of halogens is 2. The van der Waals surface area contributed by atoms with Crippen molar-refractivity contribution in [2.24, 2.45) is 0 Å². The predicted molar refractivity (Wildman–Crippen MR) is 114 cm³/mol. The molecule has 3 rings (SSSR count). The molecule has 0 aliphatic carbocycles. The van der Waals surface area contributed by atoms with Crippen molar-refractivity contribution >= 4 is 33.6 Å². The van der Waals surface area contributed by atoms with Crippen molar-refractivity contribution in [2.45, 2.75) is 6.61 Å². The van der Waals surface area contributed by atoms with E-state index < -0.39 is 5.91 Å². The Morgan fingerprint density at radius 2 is 1.86 bits per heavy atom. The molecule has 3 aromatic rings. The molecule has 0 aliphatic heterocycles. The Morgan fingerprint density at radius 3 is 2.55 bits per heavy atom. The molecule has 0 radical (unpaired) electrons. The predicted octanol–water partition coefficient (Wildman–Crippen LogP) is 5.71. The summed E-state index contributed by atoms with van der Waals surface area (Å²) < 4.78 is 19.7. The Hall–Kier alpha value is -3.43. The minimum Gasteiger partial charge on any atom is -0.489 e. The van der Waals surface area contributed by atoms with Crippen LogP contribution in [0.2, 0.25) is 0 Å². The number of ether oxygens (including phenoxy) is 1. The summed E-state index contributed by atoms with van der Waals surface area (Å²) in [6.45, 7) is 0.242. The van der Waals surface area contributed by atoms with Crippen molar-refractivity contribution in [1.29, 1.82) is 5.26 Å². The fourth-order valence-corrected chi connectivity index (χ4v) is 2.93. The van der Waals surface area contributed by atoms with Crippen molar-refractivity contribution in [2.75, 3.05) is 5.32 Å². The van der Waals surface area contributed by atoms with Crippen molar-refractivity contribution in [3.63, 3.8) is 0 Å². The van der Waals surface area contributed by atoms with Gasteiger partial charge < -0.3 is 10.1 Å². The van der Waals surface area contributed by atoms with E-state index in [0.717, 1.165) is 10.0 Å². The average Bonchev–Trinajstić information content (AvgIpc) is 2.71. The smallest absolute Gasteiger partial charge is 0.266 e. The van der Waals surface area contributed by atoms with Crippen LogP contribution in [-0.2, 0) is 11.4 Å². The van der Waals surface area contributed by atoms with Gasteiger partial charge in [-0.3, -0.25) is 4.79 Å². The highest BCUT2D eigenvalue weighted by Crippen LogP contribution is 2.19. The Balaban J connectivity index is 1.65. The van der Waals surface area contributed by atoms with Crippen LogP contribution in [0.15, 0.2) is 82.8 Å². The van der Waals surface area contributed by atoms with Gasteiger partial charge in [0.15, 0.2) is 0 Å². The van der Waals surface area contributed by atoms with E-state index in [1.54, 1.807) is 54.6 Å². The third-order valence-corrected chi connectivity index (χ3v) is 4.43. The second kappa shape index (κ2) is 9.67. The van der Waals surface area contributed by atoms with Gasteiger partial charge in [0.05, 0.1) is 0 Å². The highest BCUT2D eigenvalue weighted by molar-refractivity contribution is 9.10. The number of nitriles is 1.